The Morgan fingerprint density at radius 2 is 2.04 bits per heavy atom. The van der Waals surface area contributed by atoms with Crippen molar-refractivity contribution in [1.82, 2.24) is 14.5 Å². The highest BCUT2D eigenvalue weighted by molar-refractivity contribution is 9.10. The van der Waals surface area contributed by atoms with Gasteiger partial charge in [-0.05, 0) is 64.5 Å². The fourth-order valence-corrected chi connectivity index (χ4v) is 4.28. The number of likely N-dealkylation sites (tertiary alicyclic amines) is 1. The Morgan fingerprint density at radius 1 is 1.25 bits per heavy atom. The van der Waals surface area contributed by atoms with Crippen molar-refractivity contribution in [2.75, 3.05) is 20.2 Å². The molecule has 0 spiro atoms. The summed E-state index contributed by atoms with van der Waals surface area (Å²) in [7, 11) is 1.67. The van der Waals surface area contributed by atoms with Crippen molar-refractivity contribution in [3.8, 4) is 5.75 Å². The van der Waals surface area contributed by atoms with E-state index in [1.807, 2.05) is 17.0 Å². The molecule has 1 fully saturated rings. The summed E-state index contributed by atoms with van der Waals surface area (Å²) in [6.07, 6.45) is 5.55. The third-order valence-corrected chi connectivity index (χ3v) is 5.93. The molecule has 1 aliphatic heterocycles. The quantitative estimate of drug-likeness (QED) is 0.670. The fourth-order valence-electron chi connectivity index (χ4n) is 3.90. The van der Waals surface area contributed by atoms with Crippen LogP contribution in [0.25, 0.3) is 10.9 Å². The molecule has 7 heteroatoms. The molecular weight excluding hydrogens is 422 g/mol. The van der Waals surface area contributed by atoms with Crippen molar-refractivity contribution < 1.29 is 9.53 Å². The number of carbonyl (C=O) groups is 1. The van der Waals surface area contributed by atoms with Crippen LogP contribution < -0.4 is 10.3 Å². The van der Waals surface area contributed by atoms with Crippen LogP contribution in [0.1, 0.15) is 24.3 Å². The van der Waals surface area contributed by atoms with Crippen molar-refractivity contribution in [1.29, 1.82) is 0 Å². The number of methoxy groups -OCH3 is 1. The van der Waals surface area contributed by atoms with Gasteiger partial charge in [0.15, 0.2) is 0 Å². The highest BCUT2D eigenvalue weighted by atomic mass is 79.9. The van der Waals surface area contributed by atoms with Crippen molar-refractivity contribution in [2.45, 2.75) is 25.3 Å². The molecule has 3 heterocycles. The van der Waals surface area contributed by atoms with Gasteiger partial charge >= 0.3 is 0 Å². The Hall–Kier alpha value is -2.54. The number of pyridine rings is 1. The number of aromatic nitrogens is 2. The van der Waals surface area contributed by atoms with Crippen LogP contribution in [-0.2, 0) is 11.3 Å². The van der Waals surface area contributed by atoms with Gasteiger partial charge in [-0.3, -0.25) is 9.59 Å². The van der Waals surface area contributed by atoms with E-state index >= 15 is 0 Å². The molecule has 0 bridgehead atoms. The van der Waals surface area contributed by atoms with Crippen LogP contribution in [0.3, 0.4) is 0 Å². The Bertz CT molecular complexity index is 1060. The molecule has 1 aromatic carbocycles. The maximum atomic E-state index is 12.6. The third kappa shape index (κ3) is 3.71. The number of hydrogen-bond acceptors (Lipinski definition) is 3. The van der Waals surface area contributed by atoms with Crippen molar-refractivity contribution in [2.24, 2.45) is 0 Å². The number of nitrogens with zero attached hydrogens (tertiary/aromatic N) is 2. The Labute approximate surface area is 171 Å². The van der Waals surface area contributed by atoms with E-state index < -0.39 is 0 Å². The number of halogens is 1. The lowest BCUT2D eigenvalue weighted by Gasteiger charge is -2.32. The molecule has 0 radical (unpaired) electrons. The number of H-pyrrole nitrogens is 1. The van der Waals surface area contributed by atoms with Crippen LogP contribution in [0, 0.1) is 0 Å². The van der Waals surface area contributed by atoms with Crippen LogP contribution in [0.5, 0.6) is 5.75 Å². The van der Waals surface area contributed by atoms with Crippen molar-refractivity contribution in [3.05, 3.63) is 63.1 Å². The van der Waals surface area contributed by atoms with E-state index in [0.717, 1.165) is 28.6 Å². The van der Waals surface area contributed by atoms with E-state index in [4.69, 9.17) is 4.74 Å². The predicted octanol–water partition coefficient (Wildman–Crippen LogP) is 3.51. The number of rotatable bonds is 4. The van der Waals surface area contributed by atoms with Gasteiger partial charge < -0.3 is 19.2 Å². The number of aromatic amines is 1. The maximum absolute atomic E-state index is 12.6. The van der Waals surface area contributed by atoms with Crippen molar-refractivity contribution in [3.63, 3.8) is 0 Å². The van der Waals surface area contributed by atoms with Gasteiger partial charge in [0.25, 0.3) is 5.56 Å². The van der Waals surface area contributed by atoms with Crippen LogP contribution >= 0.6 is 15.9 Å². The monoisotopic (exact) mass is 443 g/mol. The molecule has 1 aliphatic rings. The molecule has 0 atom stereocenters. The summed E-state index contributed by atoms with van der Waals surface area (Å²) in [4.78, 5) is 29.8. The first-order valence-corrected chi connectivity index (χ1v) is 10.1. The van der Waals surface area contributed by atoms with Gasteiger partial charge in [0.2, 0.25) is 5.91 Å². The SMILES string of the molecule is COc1ccc2[nH]cc(C3CCN(C(=O)Cn4cc(Br)ccc4=O)CC3)c2c1. The number of ether oxygens (including phenoxy) is 1. The minimum absolute atomic E-state index is 0.0146. The summed E-state index contributed by atoms with van der Waals surface area (Å²) < 4.78 is 7.59. The van der Waals surface area contributed by atoms with Gasteiger partial charge in [0, 0.05) is 46.9 Å². The van der Waals surface area contributed by atoms with E-state index in [1.54, 1.807) is 19.4 Å². The molecule has 6 nitrogen and oxygen atoms in total. The van der Waals surface area contributed by atoms with Crippen LogP contribution in [0.4, 0.5) is 0 Å². The molecule has 1 amide bonds. The standard InChI is InChI=1S/C21H22BrN3O3/c1-28-16-3-4-19-17(10-16)18(11-23-19)14-6-8-24(9-7-14)21(27)13-25-12-15(22)2-5-20(25)26/h2-5,10-12,14,23H,6-9,13H2,1H3. The minimum atomic E-state index is -0.167. The largest absolute Gasteiger partial charge is 0.497 e. The molecule has 0 aliphatic carbocycles. The van der Waals surface area contributed by atoms with E-state index in [2.05, 4.69) is 33.2 Å². The molecule has 2 aromatic heterocycles. The Morgan fingerprint density at radius 3 is 2.79 bits per heavy atom. The number of benzene rings is 1. The highest BCUT2D eigenvalue weighted by Crippen LogP contribution is 2.34. The van der Waals surface area contributed by atoms with E-state index in [-0.39, 0.29) is 18.0 Å². The second-order valence-corrected chi connectivity index (χ2v) is 8.04. The highest BCUT2D eigenvalue weighted by Gasteiger charge is 2.25. The molecule has 1 N–H and O–H groups in total. The summed E-state index contributed by atoms with van der Waals surface area (Å²) in [6, 6.07) is 9.21. The average molecular weight is 444 g/mol. The summed E-state index contributed by atoms with van der Waals surface area (Å²) in [5.74, 6) is 1.23. The number of hydrogen-bond donors (Lipinski definition) is 1. The molecular formula is C21H22BrN3O3. The predicted molar refractivity (Wildman–Crippen MR) is 112 cm³/mol. The van der Waals surface area contributed by atoms with Gasteiger partial charge in [0.1, 0.15) is 12.3 Å². The van der Waals surface area contributed by atoms with Crippen molar-refractivity contribution >= 4 is 32.7 Å². The lowest BCUT2D eigenvalue weighted by atomic mass is 9.89. The van der Waals surface area contributed by atoms with Gasteiger partial charge in [0.05, 0.1) is 7.11 Å². The van der Waals surface area contributed by atoms with Crippen LogP contribution in [-0.4, -0.2) is 40.6 Å². The molecule has 28 heavy (non-hydrogen) atoms. The van der Waals surface area contributed by atoms with Gasteiger partial charge in [-0.25, -0.2) is 0 Å². The number of piperidine rings is 1. The third-order valence-electron chi connectivity index (χ3n) is 5.46. The number of amides is 1. The molecule has 0 saturated carbocycles. The van der Waals surface area contributed by atoms with Gasteiger partial charge in [-0.15, -0.1) is 0 Å². The summed E-state index contributed by atoms with van der Waals surface area (Å²) in [6.45, 7) is 1.47. The zero-order valence-electron chi connectivity index (χ0n) is 15.7. The lowest BCUT2D eigenvalue weighted by Crippen LogP contribution is -2.41. The molecule has 146 valence electrons. The van der Waals surface area contributed by atoms with Gasteiger partial charge in [-0.1, -0.05) is 0 Å². The lowest BCUT2D eigenvalue weighted by molar-refractivity contribution is -0.132. The first kappa shape index (κ1) is 18.8. The van der Waals surface area contributed by atoms with E-state index in [1.165, 1.54) is 21.6 Å². The number of fused-ring (bicyclic) bond motifs is 1. The van der Waals surface area contributed by atoms with E-state index in [9.17, 15) is 9.59 Å². The normalized spacial score (nSPS) is 15.1. The van der Waals surface area contributed by atoms with E-state index in [0.29, 0.717) is 19.0 Å². The van der Waals surface area contributed by atoms with Crippen LogP contribution in [0.15, 0.2) is 52.0 Å². The Kier molecular flexibility index (Phi) is 5.26. The first-order valence-electron chi connectivity index (χ1n) is 9.34. The summed E-state index contributed by atoms with van der Waals surface area (Å²) in [5, 5.41) is 1.19. The minimum Gasteiger partial charge on any atom is -0.497 e. The number of nitrogens with one attached hydrogen (secondary N) is 1. The maximum Gasteiger partial charge on any atom is 0.251 e. The Balaban J connectivity index is 1.44. The fraction of sp³-hybridized carbons (Fsp3) is 0.333. The average Bonchev–Trinajstić information content (AvgIpc) is 3.14. The smallest absolute Gasteiger partial charge is 0.251 e. The van der Waals surface area contributed by atoms with Crippen LogP contribution in [0.2, 0.25) is 0 Å². The number of carbonyl (C=O) groups excluding carboxylic acids is 1. The van der Waals surface area contributed by atoms with Gasteiger partial charge in [-0.2, -0.15) is 0 Å². The molecule has 3 aromatic rings. The second kappa shape index (κ2) is 7.83. The first-order chi connectivity index (χ1) is 13.5. The molecule has 1 saturated heterocycles. The topological polar surface area (TPSA) is 67.3 Å². The zero-order valence-corrected chi connectivity index (χ0v) is 17.2. The molecule has 4 rings (SSSR count). The second-order valence-electron chi connectivity index (χ2n) is 7.12. The molecule has 0 unspecified atom stereocenters. The zero-order chi connectivity index (χ0) is 19.7. The summed E-state index contributed by atoms with van der Waals surface area (Å²) in [5.41, 5.74) is 2.21. The summed E-state index contributed by atoms with van der Waals surface area (Å²) >= 11 is 3.35.